The van der Waals surface area contributed by atoms with Crippen molar-refractivity contribution in [2.75, 3.05) is 18.8 Å². The van der Waals surface area contributed by atoms with Crippen molar-refractivity contribution >= 4 is 49.5 Å². The molecule has 0 aromatic heterocycles. The van der Waals surface area contributed by atoms with Gasteiger partial charge in [0.15, 0.2) is 0 Å². The summed E-state index contributed by atoms with van der Waals surface area (Å²) in [7, 11) is 0. The lowest BCUT2D eigenvalue weighted by atomic mass is 10.1. The van der Waals surface area contributed by atoms with Crippen LogP contribution in [0.15, 0.2) is 27.1 Å². The second-order valence-electron chi connectivity index (χ2n) is 5.31. The van der Waals surface area contributed by atoms with Gasteiger partial charge in [0.2, 0.25) is 0 Å². The van der Waals surface area contributed by atoms with Crippen molar-refractivity contribution in [2.45, 2.75) is 25.0 Å². The molecule has 1 aromatic carbocycles. The number of thioether (sulfide) groups is 1. The molecule has 0 radical (unpaired) electrons. The average molecular weight is 407 g/mol. The normalized spacial score (nSPS) is 19.1. The van der Waals surface area contributed by atoms with Crippen LogP contribution in [-0.2, 0) is 0 Å². The summed E-state index contributed by atoms with van der Waals surface area (Å²) < 4.78 is 2.12. The van der Waals surface area contributed by atoms with E-state index in [0.717, 1.165) is 39.8 Å². The van der Waals surface area contributed by atoms with Crippen molar-refractivity contribution in [2.24, 2.45) is 0 Å². The van der Waals surface area contributed by atoms with E-state index >= 15 is 0 Å². The number of hydrogen-bond acceptors (Lipinski definition) is 2. The molecule has 0 unspecified atom stereocenters. The number of nitrogens with zero attached hydrogens (tertiary/aromatic N) is 1. The number of hydrogen-bond donors (Lipinski definition) is 0. The predicted molar refractivity (Wildman–Crippen MR) is 88.9 cm³/mol. The highest BCUT2D eigenvalue weighted by atomic mass is 79.9. The van der Waals surface area contributed by atoms with Gasteiger partial charge in [-0.15, -0.1) is 0 Å². The number of carbonyl (C=O) groups is 1. The van der Waals surface area contributed by atoms with Crippen LogP contribution in [0.2, 0.25) is 0 Å². The van der Waals surface area contributed by atoms with Gasteiger partial charge in [-0.25, -0.2) is 0 Å². The average Bonchev–Trinajstić information content (AvgIpc) is 2.48. The highest BCUT2D eigenvalue weighted by Crippen LogP contribution is 2.31. The van der Waals surface area contributed by atoms with Crippen LogP contribution < -0.4 is 0 Å². The number of rotatable bonds is 1. The minimum Gasteiger partial charge on any atom is -0.338 e. The van der Waals surface area contributed by atoms with E-state index in [1.54, 1.807) is 0 Å². The van der Waals surface area contributed by atoms with E-state index in [9.17, 15) is 4.79 Å². The third-order valence-electron chi connectivity index (χ3n) is 3.23. The van der Waals surface area contributed by atoms with Crippen molar-refractivity contribution < 1.29 is 4.79 Å². The standard InChI is InChI=1S/C14H17Br2NOS/c1-14(2)3-4-17(5-6-19-14)13(18)10-7-11(15)9-12(16)8-10/h7-9H,3-6H2,1-2H3. The molecule has 0 aliphatic carbocycles. The predicted octanol–water partition coefficient (Wildman–Crippen LogP) is 4.57. The van der Waals surface area contributed by atoms with Crippen molar-refractivity contribution in [3.8, 4) is 0 Å². The van der Waals surface area contributed by atoms with Gasteiger partial charge in [0.1, 0.15) is 0 Å². The molecule has 1 amide bonds. The van der Waals surface area contributed by atoms with E-state index in [0.29, 0.717) is 0 Å². The Hall–Kier alpha value is -0.000000000000000111. The lowest BCUT2D eigenvalue weighted by Crippen LogP contribution is -2.33. The molecule has 104 valence electrons. The second kappa shape index (κ2) is 6.19. The highest BCUT2D eigenvalue weighted by molar-refractivity contribution is 9.11. The fraction of sp³-hybridized carbons (Fsp3) is 0.500. The minimum absolute atomic E-state index is 0.125. The van der Waals surface area contributed by atoms with Gasteiger partial charge in [0.25, 0.3) is 5.91 Å². The molecule has 1 aromatic rings. The summed E-state index contributed by atoms with van der Waals surface area (Å²) in [4.78, 5) is 14.5. The van der Waals surface area contributed by atoms with Crippen molar-refractivity contribution in [3.63, 3.8) is 0 Å². The van der Waals surface area contributed by atoms with E-state index in [1.165, 1.54) is 0 Å². The topological polar surface area (TPSA) is 20.3 Å². The lowest BCUT2D eigenvalue weighted by Gasteiger charge is -2.23. The van der Waals surface area contributed by atoms with Gasteiger partial charge in [0.05, 0.1) is 0 Å². The fourth-order valence-electron chi connectivity index (χ4n) is 2.08. The van der Waals surface area contributed by atoms with Crippen LogP contribution >= 0.6 is 43.6 Å². The van der Waals surface area contributed by atoms with Crippen LogP contribution in [0.1, 0.15) is 30.6 Å². The molecular formula is C14H17Br2NOS. The molecule has 1 heterocycles. The largest absolute Gasteiger partial charge is 0.338 e. The van der Waals surface area contributed by atoms with Gasteiger partial charge in [-0.05, 0) is 24.6 Å². The first-order valence-corrected chi connectivity index (χ1v) is 8.84. The van der Waals surface area contributed by atoms with E-state index in [-0.39, 0.29) is 10.7 Å². The van der Waals surface area contributed by atoms with Crippen molar-refractivity contribution in [1.82, 2.24) is 4.90 Å². The molecule has 2 nitrogen and oxygen atoms in total. The van der Waals surface area contributed by atoms with Gasteiger partial charge in [0, 0.05) is 38.1 Å². The molecule has 0 bridgehead atoms. The summed E-state index contributed by atoms with van der Waals surface area (Å²) in [6, 6.07) is 5.71. The zero-order valence-electron chi connectivity index (χ0n) is 11.1. The van der Waals surface area contributed by atoms with Crippen molar-refractivity contribution in [3.05, 3.63) is 32.7 Å². The van der Waals surface area contributed by atoms with Crippen LogP contribution in [0, 0.1) is 0 Å². The lowest BCUT2D eigenvalue weighted by molar-refractivity contribution is 0.0764. The Kier molecular flexibility index (Phi) is 5.01. The Balaban J connectivity index is 2.15. The summed E-state index contributed by atoms with van der Waals surface area (Å²) in [5.41, 5.74) is 0.742. The van der Waals surface area contributed by atoms with E-state index < -0.39 is 0 Å². The fourth-order valence-corrected chi connectivity index (χ4v) is 4.48. The number of benzene rings is 1. The first-order valence-electron chi connectivity index (χ1n) is 6.27. The van der Waals surface area contributed by atoms with Gasteiger partial charge < -0.3 is 4.90 Å². The van der Waals surface area contributed by atoms with E-state index in [4.69, 9.17) is 0 Å². The first kappa shape index (κ1) is 15.4. The Labute approximate surface area is 135 Å². The van der Waals surface area contributed by atoms with Gasteiger partial charge in [-0.2, -0.15) is 11.8 Å². The van der Waals surface area contributed by atoms with Crippen LogP contribution in [0.5, 0.6) is 0 Å². The molecule has 19 heavy (non-hydrogen) atoms. The van der Waals surface area contributed by atoms with Crippen LogP contribution in [0.25, 0.3) is 0 Å². The molecule has 0 N–H and O–H groups in total. The van der Waals surface area contributed by atoms with Gasteiger partial charge in [-0.3, -0.25) is 4.79 Å². The summed E-state index contributed by atoms with van der Waals surface area (Å²) >= 11 is 8.82. The SMILES string of the molecule is CC1(C)CCN(C(=O)c2cc(Br)cc(Br)c2)CCS1. The zero-order chi connectivity index (χ0) is 14.0. The molecule has 1 saturated heterocycles. The molecule has 0 atom stereocenters. The first-order chi connectivity index (χ1) is 8.87. The van der Waals surface area contributed by atoms with E-state index in [1.807, 2.05) is 34.9 Å². The monoisotopic (exact) mass is 405 g/mol. The third-order valence-corrected chi connectivity index (χ3v) is 5.52. The second-order valence-corrected chi connectivity index (χ2v) is 8.94. The molecule has 2 rings (SSSR count). The molecule has 1 aliphatic heterocycles. The van der Waals surface area contributed by atoms with Gasteiger partial charge in [-0.1, -0.05) is 45.7 Å². The Morgan fingerprint density at radius 2 is 1.84 bits per heavy atom. The van der Waals surface area contributed by atoms with Crippen LogP contribution in [0.4, 0.5) is 0 Å². The summed E-state index contributed by atoms with van der Waals surface area (Å²) in [6.45, 7) is 6.17. The number of amides is 1. The highest BCUT2D eigenvalue weighted by Gasteiger charge is 2.26. The molecule has 5 heteroatoms. The summed E-state index contributed by atoms with van der Waals surface area (Å²) in [6.07, 6.45) is 1.04. The molecular weight excluding hydrogens is 390 g/mol. The van der Waals surface area contributed by atoms with Crippen molar-refractivity contribution in [1.29, 1.82) is 0 Å². The number of halogens is 2. The Morgan fingerprint density at radius 3 is 2.47 bits per heavy atom. The zero-order valence-corrected chi connectivity index (χ0v) is 15.1. The molecule has 0 saturated carbocycles. The molecule has 1 fully saturated rings. The Morgan fingerprint density at radius 1 is 1.21 bits per heavy atom. The maximum Gasteiger partial charge on any atom is 0.253 e. The van der Waals surface area contributed by atoms with Crippen LogP contribution in [0.3, 0.4) is 0 Å². The minimum atomic E-state index is 0.125. The summed E-state index contributed by atoms with van der Waals surface area (Å²) in [5.74, 6) is 1.13. The van der Waals surface area contributed by atoms with Crippen LogP contribution in [-0.4, -0.2) is 34.4 Å². The quantitative estimate of drug-likeness (QED) is 0.680. The molecule has 1 aliphatic rings. The van der Waals surface area contributed by atoms with E-state index in [2.05, 4.69) is 45.7 Å². The maximum absolute atomic E-state index is 12.5. The number of carbonyl (C=O) groups excluding carboxylic acids is 1. The molecule has 0 spiro atoms. The summed E-state index contributed by atoms with van der Waals surface area (Å²) in [5, 5.41) is 0. The third kappa shape index (κ3) is 4.23. The smallest absolute Gasteiger partial charge is 0.253 e. The maximum atomic E-state index is 12.5. The Bertz CT molecular complexity index is 470. The van der Waals surface area contributed by atoms with Gasteiger partial charge >= 0.3 is 0 Å².